The number of nitrogens with zero attached hydrogens (tertiary/aromatic N) is 1. The molecular formula is C18H20BrNO6. The summed E-state index contributed by atoms with van der Waals surface area (Å²) in [5, 5.41) is 10.7. The van der Waals surface area contributed by atoms with E-state index in [9.17, 15) is 9.90 Å². The predicted octanol–water partition coefficient (Wildman–Crippen LogP) is 1.54. The fourth-order valence-electron chi connectivity index (χ4n) is 4.27. The lowest BCUT2D eigenvalue weighted by molar-refractivity contribution is -0.279. The van der Waals surface area contributed by atoms with Crippen LogP contribution in [-0.4, -0.2) is 59.1 Å². The SMILES string of the molecule is CC1(C)O[C@H]2O[C@@H]3CN4C(=O)[C@H](C(O)c5ccc(Br)cc5)[C@H]4O[C@@H]3[C@H]2O1. The first-order valence-electron chi connectivity index (χ1n) is 8.75. The monoisotopic (exact) mass is 425 g/mol. The number of aliphatic hydroxyl groups is 1. The van der Waals surface area contributed by atoms with Crippen molar-refractivity contribution in [2.45, 2.75) is 56.6 Å². The average Bonchev–Trinajstić information content (AvgIpc) is 3.05. The molecule has 7 nitrogen and oxygen atoms in total. The normalized spacial score (nSPS) is 41.2. The molecule has 0 bridgehead atoms. The third-order valence-electron chi connectivity index (χ3n) is 5.49. The molecule has 4 aliphatic heterocycles. The number of benzene rings is 1. The Balaban J connectivity index is 1.35. The van der Waals surface area contributed by atoms with E-state index >= 15 is 0 Å². The summed E-state index contributed by atoms with van der Waals surface area (Å²) in [7, 11) is 0. The Hall–Kier alpha value is -1.03. The predicted molar refractivity (Wildman–Crippen MR) is 91.7 cm³/mol. The molecule has 0 aromatic heterocycles. The molecule has 5 rings (SSSR count). The zero-order valence-electron chi connectivity index (χ0n) is 14.4. The highest BCUT2D eigenvalue weighted by Crippen LogP contribution is 2.47. The number of halogens is 1. The maximum atomic E-state index is 12.6. The molecule has 0 aliphatic carbocycles. The fraction of sp³-hybridized carbons (Fsp3) is 0.611. The van der Waals surface area contributed by atoms with Crippen LogP contribution in [0.2, 0.25) is 0 Å². The van der Waals surface area contributed by atoms with Crippen LogP contribution in [0, 0.1) is 5.92 Å². The molecule has 0 spiro atoms. The van der Waals surface area contributed by atoms with Gasteiger partial charge >= 0.3 is 0 Å². The Morgan fingerprint density at radius 2 is 1.92 bits per heavy atom. The summed E-state index contributed by atoms with van der Waals surface area (Å²) in [6, 6.07) is 7.31. The van der Waals surface area contributed by atoms with Gasteiger partial charge in [0.2, 0.25) is 5.91 Å². The third-order valence-corrected chi connectivity index (χ3v) is 6.02. The summed E-state index contributed by atoms with van der Waals surface area (Å²) < 4.78 is 24.7. The highest BCUT2D eigenvalue weighted by molar-refractivity contribution is 9.10. The Morgan fingerprint density at radius 1 is 1.19 bits per heavy atom. The van der Waals surface area contributed by atoms with Crippen LogP contribution in [-0.2, 0) is 23.7 Å². The van der Waals surface area contributed by atoms with E-state index in [2.05, 4.69) is 15.9 Å². The standard InChI is InChI=1S/C18H20BrNO6/c1-18(2)25-14-13-10(23-17(14)26-18)7-20-15(22)11(16(20)24-13)12(21)8-3-5-9(19)6-4-8/h3-6,10-14,16-17,21H,7H2,1-2H3/t10-,11+,12?,13+,14-,16-,17-/m1/s1. The molecule has 1 aromatic carbocycles. The number of hydrogen-bond donors (Lipinski definition) is 1. The van der Waals surface area contributed by atoms with Gasteiger partial charge < -0.3 is 29.0 Å². The largest absolute Gasteiger partial charge is 0.387 e. The van der Waals surface area contributed by atoms with Gasteiger partial charge in [-0.3, -0.25) is 4.79 Å². The summed E-state index contributed by atoms with van der Waals surface area (Å²) in [6.45, 7) is 4.11. The summed E-state index contributed by atoms with van der Waals surface area (Å²) in [4.78, 5) is 14.2. The van der Waals surface area contributed by atoms with Crippen LogP contribution in [0.5, 0.6) is 0 Å². The minimum Gasteiger partial charge on any atom is -0.387 e. The van der Waals surface area contributed by atoms with E-state index in [0.717, 1.165) is 4.47 Å². The maximum absolute atomic E-state index is 12.6. The van der Waals surface area contributed by atoms with Crippen LogP contribution < -0.4 is 0 Å². The second-order valence-corrected chi connectivity index (χ2v) is 8.56. The van der Waals surface area contributed by atoms with Gasteiger partial charge in [0.15, 0.2) is 12.1 Å². The lowest BCUT2D eigenvalue weighted by Gasteiger charge is -2.53. The fourth-order valence-corrected chi connectivity index (χ4v) is 4.54. The van der Waals surface area contributed by atoms with E-state index in [4.69, 9.17) is 18.9 Å². The number of β-lactam (4-membered cyclic amide) rings is 1. The molecule has 26 heavy (non-hydrogen) atoms. The van der Waals surface area contributed by atoms with E-state index in [1.54, 1.807) is 4.90 Å². The maximum Gasteiger partial charge on any atom is 0.235 e. The topological polar surface area (TPSA) is 77.5 Å². The van der Waals surface area contributed by atoms with Crippen LogP contribution in [0.15, 0.2) is 28.7 Å². The van der Waals surface area contributed by atoms with Crippen LogP contribution in [0.3, 0.4) is 0 Å². The summed E-state index contributed by atoms with van der Waals surface area (Å²) in [5.74, 6) is -1.45. The number of aliphatic hydroxyl groups excluding tert-OH is 1. The molecule has 8 heteroatoms. The molecule has 4 saturated heterocycles. The smallest absolute Gasteiger partial charge is 0.235 e. The lowest BCUT2D eigenvalue weighted by atomic mass is 9.84. The number of fused-ring (bicyclic) bond motifs is 4. The molecule has 0 radical (unpaired) electrons. The number of carbonyl (C=O) groups is 1. The van der Waals surface area contributed by atoms with Crippen LogP contribution in [0.4, 0.5) is 0 Å². The van der Waals surface area contributed by atoms with Gasteiger partial charge in [0, 0.05) is 4.47 Å². The van der Waals surface area contributed by atoms with Gasteiger partial charge in [-0.25, -0.2) is 0 Å². The summed E-state index contributed by atoms with van der Waals surface area (Å²) >= 11 is 3.37. The summed E-state index contributed by atoms with van der Waals surface area (Å²) in [6.07, 6.45) is -2.77. The van der Waals surface area contributed by atoms with E-state index in [0.29, 0.717) is 12.1 Å². The van der Waals surface area contributed by atoms with Crippen molar-refractivity contribution < 1.29 is 28.8 Å². The first-order valence-corrected chi connectivity index (χ1v) is 9.54. The molecule has 1 unspecified atom stereocenters. The third kappa shape index (κ3) is 2.47. The number of carbonyl (C=O) groups excluding carboxylic acids is 1. The Labute approximate surface area is 159 Å². The van der Waals surface area contributed by atoms with Crippen LogP contribution in [0.1, 0.15) is 25.5 Å². The van der Waals surface area contributed by atoms with Crippen molar-refractivity contribution >= 4 is 21.8 Å². The zero-order chi connectivity index (χ0) is 18.2. The van der Waals surface area contributed by atoms with E-state index in [-0.39, 0.29) is 24.2 Å². The van der Waals surface area contributed by atoms with Crippen molar-refractivity contribution in [2.75, 3.05) is 6.54 Å². The molecule has 1 N–H and O–H groups in total. The van der Waals surface area contributed by atoms with Gasteiger partial charge in [0.1, 0.15) is 30.5 Å². The van der Waals surface area contributed by atoms with Crippen molar-refractivity contribution in [2.24, 2.45) is 5.92 Å². The number of hydrogen-bond acceptors (Lipinski definition) is 6. The first-order chi connectivity index (χ1) is 12.3. The van der Waals surface area contributed by atoms with Crippen molar-refractivity contribution in [3.05, 3.63) is 34.3 Å². The van der Waals surface area contributed by atoms with Gasteiger partial charge in [-0.2, -0.15) is 0 Å². The molecular weight excluding hydrogens is 406 g/mol. The average molecular weight is 426 g/mol. The van der Waals surface area contributed by atoms with Crippen molar-refractivity contribution in [3.8, 4) is 0 Å². The van der Waals surface area contributed by atoms with Crippen LogP contribution >= 0.6 is 15.9 Å². The van der Waals surface area contributed by atoms with Crippen LogP contribution in [0.25, 0.3) is 0 Å². The van der Waals surface area contributed by atoms with E-state index in [1.165, 1.54) is 0 Å². The molecule has 1 aromatic rings. The lowest BCUT2D eigenvalue weighted by Crippen LogP contribution is -2.70. The molecule has 140 valence electrons. The van der Waals surface area contributed by atoms with Gasteiger partial charge in [-0.1, -0.05) is 28.1 Å². The molecule has 4 aliphatic rings. The minimum atomic E-state index is -0.913. The van der Waals surface area contributed by atoms with Crippen molar-refractivity contribution in [3.63, 3.8) is 0 Å². The van der Waals surface area contributed by atoms with Gasteiger partial charge in [-0.15, -0.1) is 0 Å². The van der Waals surface area contributed by atoms with Gasteiger partial charge in [0.25, 0.3) is 0 Å². The quantitative estimate of drug-likeness (QED) is 0.724. The highest BCUT2D eigenvalue weighted by Gasteiger charge is 2.64. The first kappa shape index (κ1) is 17.1. The molecule has 0 saturated carbocycles. The Morgan fingerprint density at radius 3 is 2.65 bits per heavy atom. The van der Waals surface area contributed by atoms with E-state index < -0.39 is 30.3 Å². The minimum absolute atomic E-state index is 0.119. The highest BCUT2D eigenvalue weighted by atomic mass is 79.9. The second-order valence-electron chi connectivity index (χ2n) is 7.65. The zero-order valence-corrected chi connectivity index (χ0v) is 16.0. The van der Waals surface area contributed by atoms with Gasteiger partial charge in [-0.05, 0) is 31.5 Å². The van der Waals surface area contributed by atoms with E-state index in [1.807, 2.05) is 38.1 Å². The molecule has 4 heterocycles. The Bertz CT molecular complexity index is 740. The van der Waals surface area contributed by atoms with Gasteiger partial charge in [0.05, 0.1) is 12.6 Å². The van der Waals surface area contributed by atoms with Crippen molar-refractivity contribution in [1.82, 2.24) is 4.90 Å². The summed E-state index contributed by atoms with van der Waals surface area (Å²) in [5.41, 5.74) is 0.694. The molecule has 4 fully saturated rings. The number of rotatable bonds is 2. The number of amides is 1. The molecule has 1 amide bonds. The molecule has 7 atom stereocenters. The number of ether oxygens (including phenoxy) is 4. The van der Waals surface area contributed by atoms with Crippen molar-refractivity contribution in [1.29, 1.82) is 0 Å². The Kier molecular flexibility index (Phi) is 3.77. The second kappa shape index (κ2) is 5.73.